The lowest BCUT2D eigenvalue weighted by atomic mass is 10.3. The van der Waals surface area contributed by atoms with Crippen LogP contribution in [0.3, 0.4) is 0 Å². The van der Waals surface area contributed by atoms with Crippen molar-refractivity contribution in [3.63, 3.8) is 0 Å². The van der Waals surface area contributed by atoms with Gasteiger partial charge in [-0.15, -0.1) is 0 Å². The minimum Gasteiger partial charge on any atom is -0.326 e. The fourth-order valence-electron chi connectivity index (χ4n) is 0.408. The van der Waals surface area contributed by atoms with Crippen LogP contribution in [0.2, 0.25) is 0 Å². The van der Waals surface area contributed by atoms with Crippen molar-refractivity contribution in [1.29, 1.82) is 5.41 Å². The Balaban J connectivity index is 4.30. The third-order valence-corrected chi connectivity index (χ3v) is 2.46. The van der Waals surface area contributed by atoms with Gasteiger partial charge in [0, 0.05) is 19.0 Å². The van der Waals surface area contributed by atoms with Crippen LogP contribution in [0.5, 0.6) is 0 Å². The highest BCUT2D eigenvalue weighted by Crippen LogP contribution is 1.86. The molecule has 0 fully saturated rings. The second-order valence-corrected chi connectivity index (χ2v) is 4.13. The first-order valence-corrected chi connectivity index (χ1v) is 5.10. The zero-order valence-corrected chi connectivity index (χ0v) is 7.69. The van der Waals surface area contributed by atoms with Gasteiger partial charge >= 0.3 is 0 Å². The Bertz CT molecular complexity index is 269. The van der Waals surface area contributed by atoms with Crippen LogP contribution >= 0.6 is 0 Å². The van der Waals surface area contributed by atoms with E-state index in [-0.39, 0.29) is 12.3 Å². The van der Waals surface area contributed by atoms with Crippen LogP contribution in [0.25, 0.3) is 0 Å². The maximum Gasteiger partial charge on any atom is 0.231 e. The van der Waals surface area contributed by atoms with E-state index in [9.17, 15) is 8.42 Å². The monoisotopic (exact) mass is 191 g/mol. The van der Waals surface area contributed by atoms with E-state index in [1.807, 2.05) is 0 Å². The van der Waals surface area contributed by atoms with Crippen LogP contribution in [0.1, 0.15) is 6.92 Å². The lowest BCUT2D eigenvalue weighted by molar-refractivity contribution is 0.591. The van der Waals surface area contributed by atoms with Crippen LogP contribution in [0, 0.1) is 5.41 Å². The van der Waals surface area contributed by atoms with Crippen LogP contribution in [-0.2, 0) is 10.0 Å². The van der Waals surface area contributed by atoms with E-state index >= 15 is 0 Å². The Labute approximate surface area is 72.2 Å². The summed E-state index contributed by atoms with van der Waals surface area (Å²) in [6, 6.07) is 0. The molecule has 0 heterocycles. The van der Waals surface area contributed by atoms with Crippen molar-refractivity contribution in [3.8, 4) is 0 Å². The fourth-order valence-corrected chi connectivity index (χ4v) is 0.906. The number of sulfonamides is 1. The summed E-state index contributed by atoms with van der Waals surface area (Å²) in [6.45, 7) is 1.68. The van der Waals surface area contributed by atoms with E-state index in [4.69, 9.17) is 11.1 Å². The summed E-state index contributed by atoms with van der Waals surface area (Å²) < 4.78 is 23.9. The summed E-state index contributed by atoms with van der Waals surface area (Å²) in [5.41, 5.74) is 5.64. The fraction of sp³-hybridized carbons (Fsp3) is 0.500. The van der Waals surface area contributed by atoms with Crippen LogP contribution in [0.15, 0.2) is 11.8 Å². The second kappa shape index (κ2) is 4.89. The quantitative estimate of drug-likeness (QED) is 0.507. The van der Waals surface area contributed by atoms with E-state index < -0.39 is 10.0 Å². The molecule has 0 bridgehead atoms. The number of nitrogens with one attached hydrogen (secondary N) is 2. The number of nitrogens with two attached hydrogens (primary N) is 1. The molecular formula is C6H13N3O2S. The molecule has 70 valence electrons. The molecule has 0 saturated carbocycles. The summed E-state index contributed by atoms with van der Waals surface area (Å²) in [6.07, 6.45) is 2.24. The smallest absolute Gasteiger partial charge is 0.231 e. The molecule has 0 aliphatic rings. The zero-order valence-electron chi connectivity index (χ0n) is 6.87. The molecule has 12 heavy (non-hydrogen) atoms. The molecule has 5 nitrogen and oxygen atoms in total. The van der Waals surface area contributed by atoms with Crippen molar-refractivity contribution in [2.45, 2.75) is 6.92 Å². The van der Waals surface area contributed by atoms with Crippen molar-refractivity contribution in [3.05, 3.63) is 11.8 Å². The van der Waals surface area contributed by atoms with E-state index in [0.29, 0.717) is 5.57 Å². The first kappa shape index (κ1) is 11.1. The molecule has 0 aliphatic heterocycles. The molecule has 0 atom stereocenters. The molecule has 0 aliphatic carbocycles. The van der Waals surface area contributed by atoms with E-state index in [0.717, 1.165) is 6.21 Å². The Morgan fingerprint density at radius 2 is 2.25 bits per heavy atom. The van der Waals surface area contributed by atoms with Crippen molar-refractivity contribution >= 4 is 16.2 Å². The largest absolute Gasteiger partial charge is 0.326 e. The topological polar surface area (TPSA) is 96.0 Å². The van der Waals surface area contributed by atoms with Crippen molar-refractivity contribution in [2.75, 3.05) is 12.3 Å². The third kappa shape index (κ3) is 4.09. The highest BCUT2D eigenvalue weighted by molar-refractivity contribution is 7.89. The number of hydrogen-bond acceptors (Lipinski definition) is 4. The highest BCUT2D eigenvalue weighted by atomic mass is 32.2. The number of hydrogen-bond donors (Lipinski definition) is 3. The minimum absolute atomic E-state index is 0.0132. The molecule has 6 heteroatoms. The van der Waals surface area contributed by atoms with Crippen LogP contribution in [0.4, 0.5) is 0 Å². The first-order chi connectivity index (χ1) is 5.55. The molecule has 0 rings (SSSR count). The summed E-state index contributed by atoms with van der Waals surface area (Å²) in [5.74, 6) is 0.0132. The maximum atomic E-state index is 10.9. The summed E-state index contributed by atoms with van der Waals surface area (Å²) >= 11 is 0. The third-order valence-electron chi connectivity index (χ3n) is 1.23. The SMILES string of the molecule is CCS(=O)(=O)N/C=C(\C=N)CN. The molecule has 0 unspecified atom stereocenters. The average Bonchev–Trinajstić information content (AvgIpc) is 2.06. The molecule has 0 radical (unpaired) electrons. The van der Waals surface area contributed by atoms with Crippen molar-refractivity contribution in [2.24, 2.45) is 5.73 Å². The van der Waals surface area contributed by atoms with Gasteiger partial charge in [0.2, 0.25) is 10.0 Å². The lowest BCUT2D eigenvalue weighted by Crippen LogP contribution is -2.21. The van der Waals surface area contributed by atoms with Gasteiger partial charge in [0.15, 0.2) is 0 Å². The first-order valence-electron chi connectivity index (χ1n) is 3.45. The van der Waals surface area contributed by atoms with Gasteiger partial charge in [0.1, 0.15) is 0 Å². The number of rotatable bonds is 5. The summed E-state index contributed by atoms with van der Waals surface area (Å²) in [7, 11) is -3.22. The molecule has 0 aromatic carbocycles. The Kier molecular flexibility index (Phi) is 4.53. The molecule has 4 N–H and O–H groups in total. The average molecular weight is 191 g/mol. The van der Waals surface area contributed by atoms with Crippen LogP contribution in [-0.4, -0.2) is 26.9 Å². The van der Waals surface area contributed by atoms with Gasteiger partial charge < -0.3 is 11.1 Å². The van der Waals surface area contributed by atoms with Gasteiger partial charge in [-0.3, -0.25) is 4.72 Å². The molecule has 0 spiro atoms. The second-order valence-electron chi connectivity index (χ2n) is 2.09. The zero-order chi connectivity index (χ0) is 9.61. The van der Waals surface area contributed by atoms with Gasteiger partial charge in [-0.2, -0.15) is 0 Å². The van der Waals surface area contributed by atoms with Gasteiger partial charge in [0.25, 0.3) is 0 Å². The highest BCUT2D eigenvalue weighted by Gasteiger charge is 2.01. The van der Waals surface area contributed by atoms with Gasteiger partial charge in [-0.25, -0.2) is 8.42 Å². The normalized spacial score (nSPS) is 12.7. The van der Waals surface area contributed by atoms with Gasteiger partial charge in [-0.1, -0.05) is 0 Å². The molecule has 0 saturated heterocycles. The van der Waals surface area contributed by atoms with Crippen LogP contribution < -0.4 is 10.5 Å². The summed E-state index contributed by atoms with van der Waals surface area (Å²) in [4.78, 5) is 0. The molecule has 0 amide bonds. The summed E-state index contributed by atoms with van der Waals surface area (Å²) in [5, 5.41) is 6.82. The predicted molar refractivity (Wildman–Crippen MR) is 48.5 cm³/mol. The van der Waals surface area contributed by atoms with E-state index in [1.54, 1.807) is 0 Å². The Morgan fingerprint density at radius 1 is 1.67 bits per heavy atom. The Hall–Kier alpha value is -0.880. The van der Waals surface area contributed by atoms with Crippen molar-refractivity contribution in [1.82, 2.24) is 4.72 Å². The standard InChI is InChI=1S/C6H13N3O2S/c1-2-12(10,11)9-5-6(3-7)4-8/h3,5,7,9H,2,4,8H2,1H3/b6-5+,7-3?. The van der Waals surface area contributed by atoms with Gasteiger partial charge in [0.05, 0.1) is 5.75 Å². The van der Waals surface area contributed by atoms with E-state index in [2.05, 4.69) is 4.72 Å². The molecule has 0 aromatic rings. The Morgan fingerprint density at radius 3 is 2.58 bits per heavy atom. The van der Waals surface area contributed by atoms with E-state index in [1.165, 1.54) is 13.1 Å². The molecular weight excluding hydrogens is 178 g/mol. The molecule has 0 aromatic heterocycles. The predicted octanol–water partition coefficient (Wildman–Crippen LogP) is -0.582. The minimum atomic E-state index is -3.22. The maximum absolute atomic E-state index is 10.9. The lowest BCUT2D eigenvalue weighted by Gasteiger charge is -2.00. The van der Waals surface area contributed by atoms with Crippen molar-refractivity contribution < 1.29 is 8.42 Å². The van der Waals surface area contributed by atoms with Gasteiger partial charge in [-0.05, 0) is 12.5 Å².